The van der Waals surface area contributed by atoms with Crippen molar-refractivity contribution in [1.82, 2.24) is 0 Å². The Morgan fingerprint density at radius 2 is 1.41 bits per heavy atom. The maximum absolute atomic E-state index is 5.96. The van der Waals surface area contributed by atoms with Crippen LogP contribution in [0.5, 0.6) is 5.75 Å². The molecule has 1 aliphatic heterocycles. The molecule has 0 atom stereocenters. The number of benzene rings is 1. The highest BCUT2D eigenvalue weighted by Gasteiger charge is 2.20. The zero-order valence-corrected chi connectivity index (χ0v) is 18.6. The van der Waals surface area contributed by atoms with E-state index in [1.807, 2.05) is 12.1 Å². The van der Waals surface area contributed by atoms with E-state index in [1.165, 1.54) is 77.0 Å². The molecule has 2 aliphatic rings. The first kappa shape index (κ1) is 22.6. The van der Waals surface area contributed by atoms with E-state index < -0.39 is 0 Å². The van der Waals surface area contributed by atoms with Crippen LogP contribution < -0.4 is 4.74 Å². The lowest BCUT2D eigenvalue weighted by molar-refractivity contribution is -0.183. The summed E-state index contributed by atoms with van der Waals surface area (Å²) >= 11 is 0. The summed E-state index contributed by atoms with van der Waals surface area (Å²) in [7, 11) is 0. The lowest BCUT2D eigenvalue weighted by Gasteiger charge is -2.28. The molecule has 164 valence electrons. The first-order valence-electron chi connectivity index (χ1n) is 12.3. The first-order valence-corrected chi connectivity index (χ1v) is 12.3. The second-order valence-corrected chi connectivity index (χ2v) is 9.08. The number of unbranched alkanes of at least 4 members (excludes halogenated alkanes) is 4. The molecule has 0 radical (unpaired) electrons. The van der Waals surface area contributed by atoms with Crippen LogP contribution in [0.25, 0.3) is 0 Å². The van der Waals surface area contributed by atoms with Crippen molar-refractivity contribution in [2.75, 3.05) is 19.8 Å². The molecule has 1 saturated carbocycles. The first-order chi connectivity index (χ1) is 14.3. The van der Waals surface area contributed by atoms with Gasteiger partial charge in [0.15, 0.2) is 6.29 Å². The van der Waals surface area contributed by atoms with Crippen molar-refractivity contribution in [2.45, 2.75) is 96.7 Å². The molecule has 3 heteroatoms. The Bertz CT molecular complexity index is 527. The lowest BCUT2D eigenvalue weighted by Crippen LogP contribution is -2.17. The Morgan fingerprint density at radius 1 is 0.793 bits per heavy atom. The summed E-state index contributed by atoms with van der Waals surface area (Å²) in [6.45, 7) is 4.69. The summed E-state index contributed by atoms with van der Waals surface area (Å²) in [5, 5.41) is 0. The van der Waals surface area contributed by atoms with Crippen molar-refractivity contribution in [2.24, 2.45) is 11.8 Å². The van der Waals surface area contributed by atoms with Crippen molar-refractivity contribution in [3.63, 3.8) is 0 Å². The lowest BCUT2D eigenvalue weighted by atomic mass is 9.78. The molecule has 3 rings (SSSR count). The maximum Gasteiger partial charge on any atom is 0.183 e. The number of rotatable bonds is 12. The smallest absolute Gasteiger partial charge is 0.183 e. The Balaban J connectivity index is 1.23. The van der Waals surface area contributed by atoms with Gasteiger partial charge in [-0.15, -0.1) is 0 Å². The zero-order chi connectivity index (χ0) is 20.2. The molecule has 0 bridgehead atoms. The third-order valence-corrected chi connectivity index (χ3v) is 6.69. The van der Waals surface area contributed by atoms with Gasteiger partial charge in [-0.25, -0.2) is 0 Å². The van der Waals surface area contributed by atoms with Gasteiger partial charge in [0, 0.05) is 5.56 Å². The van der Waals surface area contributed by atoms with E-state index in [-0.39, 0.29) is 6.29 Å². The maximum atomic E-state index is 5.96. The molecule has 1 aromatic rings. The summed E-state index contributed by atoms with van der Waals surface area (Å²) in [5.41, 5.74) is 1.08. The van der Waals surface area contributed by atoms with Gasteiger partial charge in [0.05, 0.1) is 19.8 Å². The van der Waals surface area contributed by atoms with Crippen LogP contribution in [0.3, 0.4) is 0 Å². The van der Waals surface area contributed by atoms with E-state index in [4.69, 9.17) is 14.2 Å². The van der Waals surface area contributed by atoms with E-state index >= 15 is 0 Å². The molecule has 1 aromatic carbocycles. The molecule has 0 aromatic heterocycles. The largest absolute Gasteiger partial charge is 0.494 e. The van der Waals surface area contributed by atoms with Crippen LogP contribution >= 0.6 is 0 Å². The van der Waals surface area contributed by atoms with Crippen LogP contribution in [-0.4, -0.2) is 19.8 Å². The van der Waals surface area contributed by atoms with E-state index in [9.17, 15) is 0 Å². The van der Waals surface area contributed by atoms with Crippen LogP contribution in [-0.2, 0) is 9.47 Å². The Hall–Kier alpha value is -1.06. The summed E-state index contributed by atoms with van der Waals surface area (Å²) in [6, 6.07) is 8.22. The zero-order valence-electron chi connectivity index (χ0n) is 18.6. The van der Waals surface area contributed by atoms with Crippen molar-refractivity contribution >= 4 is 0 Å². The van der Waals surface area contributed by atoms with E-state index in [0.29, 0.717) is 0 Å². The minimum Gasteiger partial charge on any atom is -0.494 e. The van der Waals surface area contributed by atoms with E-state index in [1.54, 1.807) is 0 Å². The van der Waals surface area contributed by atoms with Crippen LogP contribution in [0.15, 0.2) is 24.3 Å². The fraction of sp³-hybridized carbons (Fsp3) is 0.769. The molecular weight excluding hydrogens is 360 g/mol. The number of ether oxygens (including phenoxy) is 3. The molecule has 1 aliphatic carbocycles. The molecular formula is C26H42O3. The SMILES string of the molecule is CCCCCCCC1CCC(CCCOc2ccc(C3OCCCO3)cc2)CC1. The summed E-state index contributed by atoms with van der Waals surface area (Å²) in [5.74, 6) is 2.90. The molecule has 2 fully saturated rings. The summed E-state index contributed by atoms with van der Waals surface area (Å²) in [4.78, 5) is 0. The predicted octanol–water partition coefficient (Wildman–Crippen LogP) is 7.45. The highest BCUT2D eigenvalue weighted by Crippen LogP contribution is 2.34. The van der Waals surface area contributed by atoms with Crippen molar-refractivity contribution in [3.8, 4) is 5.75 Å². The van der Waals surface area contributed by atoms with Gasteiger partial charge in [0.1, 0.15) is 5.75 Å². The molecule has 0 N–H and O–H groups in total. The van der Waals surface area contributed by atoms with Gasteiger partial charge in [-0.05, 0) is 43.2 Å². The van der Waals surface area contributed by atoms with Gasteiger partial charge < -0.3 is 14.2 Å². The Kier molecular flexibility index (Phi) is 10.4. The molecule has 0 spiro atoms. The molecule has 0 unspecified atom stereocenters. The monoisotopic (exact) mass is 402 g/mol. The highest BCUT2D eigenvalue weighted by atomic mass is 16.7. The van der Waals surface area contributed by atoms with Crippen LogP contribution in [0.1, 0.15) is 102 Å². The van der Waals surface area contributed by atoms with Gasteiger partial charge in [-0.1, -0.05) is 83.3 Å². The standard InChI is InChI=1S/C26H42O3/c1-2-3-4-5-6-9-22-11-13-23(14-12-22)10-7-19-27-25-17-15-24(16-18-25)26-28-20-8-21-29-26/h15-18,22-23,26H,2-14,19-21H2,1H3. The second-order valence-electron chi connectivity index (χ2n) is 9.08. The van der Waals surface area contributed by atoms with Crippen molar-refractivity contribution in [1.29, 1.82) is 0 Å². The van der Waals surface area contributed by atoms with E-state index in [0.717, 1.165) is 49.4 Å². The highest BCUT2D eigenvalue weighted by molar-refractivity contribution is 5.28. The van der Waals surface area contributed by atoms with Gasteiger partial charge in [0.25, 0.3) is 0 Å². The van der Waals surface area contributed by atoms with Crippen molar-refractivity contribution < 1.29 is 14.2 Å². The third kappa shape index (κ3) is 8.30. The normalized spacial score (nSPS) is 23.2. The van der Waals surface area contributed by atoms with Crippen LogP contribution in [0.4, 0.5) is 0 Å². The second kappa shape index (κ2) is 13.3. The van der Waals surface area contributed by atoms with Gasteiger partial charge in [0.2, 0.25) is 0 Å². The van der Waals surface area contributed by atoms with Crippen molar-refractivity contribution in [3.05, 3.63) is 29.8 Å². The minimum absolute atomic E-state index is 0.204. The van der Waals surface area contributed by atoms with Crippen LogP contribution in [0, 0.1) is 11.8 Å². The molecule has 29 heavy (non-hydrogen) atoms. The fourth-order valence-electron chi connectivity index (χ4n) is 4.81. The number of hydrogen-bond donors (Lipinski definition) is 0. The Labute approximate surface area is 178 Å². The summed E-state index contributed by atoms with van der Waals surface area (Å²) in [6.07, 6.45) is 17.7. The molecule has 0 amide bonds. The average molecular weight is 403 g/mol. The topological polar surface area (TPSA) is 27.7 Å². The molecule has 3 nitrogen and oxygen atoms in total. The minimum atomic E-state index is -0.204. The summed E-state index contributed by atoms with van der Waals surface area (Å²) < 4.78 is 17.3. The van der Waals surface area contributed by atoms with Gasteiger partial charge in [-0.3, -0.25) is 0 Å². The van der Waals surface area contributed by atoms with Crippen LogP contribution in [0.2, 0.25) is 0 Å². The van der Waals surface area contributed by atoms with Gasteiger partial charge >= 0.3 is 0 Å². The molecule has 1 heterocycles. The average Bonchev–Trinajstić information content (AvgIpc) is 2.78. The molecule has 1 saturated heterocycles. The van der Waals surface area contributed by atoms with Gasteiger partial charge in [-0.2, -0.15) is 0 Å². The quantitative estimate of drug-likeness (QED) is 0.340. The Morgan fingerprint density at radius 3 is 2.07 bits per heavy atom. The van der Waals surface area contributed by atoms with E-state index in [2.05, 4.69) is 19.1 Å². The predicted molar refractivity (Wildman–Crippen MR) is 119 cm³/mol. The third-order valence-electron chi connectivity index (χ3n) is 6.69. The number of hydrogen-bond acceptors (Lipinski definition) is 3. The fourth-order valence-corrected chi connectivity index (χ4v) is 4.81.